The number of aromatic nitrogens is 1. The number of rotatable bonds is 4. The summed E-state index contributed by atoms with van der Waals surface area (Å²) in [6, 6.07) is 15.2. The average Bonchev–Trinajstić information content (AvgIpc) is 3.19. The van der Waals surface area contributed by atoms with E-state index >= 15 is 0 Å². The van der Waals surface area contributed by atoms with E-state index in [0.29, 0.717) is 21.8 Å². The zero-order chi connectivity index (χ0) is 20.4. The molecule has 0 aliphatic rings. The lowest BCUT2D eigenvalue weighted by molar-refractivity contribution is 0.563. The van der Waals surface area contributed by atoms with Gasteiger partial charge in [0, 0.05) is 21.4 Å². The van der Waals surface area contributed by atoms with Gasteiger partial charge in [0.1, 0.15) is 28.1 Å². The molecule has 0 fully saturated rings. The minimum absolute atomic E-state index is 0.220. The van der Waals surface area contributed by atoms with Crippen LogP contribution in [0.3, 0.4) is 0 Å². The number of benzene rings is 2. The number of hydrogen-bond donors (Lipinski definition) is 1. The van der Waals surface area contributed by atoms with E-state index in [1.54, 1.807) is 41.8 Å². The highest BCUT2D eigenvalue weighted by Gasteiger charge is 2.14. The number of thiazole rings is 1. The number of para-hydroxylation sites is 1. The van der Waals surface area contributed by atoms with E-state index in [4.69, 9.17) is 4.42 Å². The quantitative estimate of drug-likeness (QED) is 0.303. The minimum Gasteiger partial charge on any atom is -0.422 e. The molecule has 2 aromatic heterocycles. The molecule has 29 heavy (non-hydrogen) atoms. The average molecular weight is 468 g/mol. The Labute approximate surface area is 176 Å². The van der Waals surface area contributed by atoms with Gasteiger partial charge in [-0.25, -0.2) is 14.2 Å². The number of nitrogens with zero attached hydrogens (tertiary/aromatic N) is 2. The topological polar surface area (TPSA) is 78.9 Å². The van der Waals surface area contributed by atoms with Crippen LogP contribution in [0.4, 0.5) is 10.1 Å². The molecule has 4 aromatic rings. The van der Waals surface area contributed by atoms with Gasteiger partial charge in [-0.05, 0) is 36.4 Å². The molecule has 1 N–H and O–H groups in total. The summed E-state index contributed by atoms with van der Waals surface area (Å²) in [6.45, 7) is 0. The SMILES string of the molecule is N#CC(=CNc1ccccc1F)c1nc(-c2cc3cc(Br)ccc3oc2=O)cs1. The number of allylic oxidation sites excluding steroid dienone is 1. The van der Waals surface area contributed by atoms with Gasteiger partial charge in [0.15, 0.2) is 0 Å². The first-order valence-corrected chi connectivity index (χ1v) is 10.0. The zero-order valence-electron chi connectivity index (χ0n) is 14.6. The number of halogens is 2. The molecular formula is C21H11BrFN3O2S. The van der Waals surface area contributed by atoms with Crippen molar-refractivity contribution in [1.29, 1.82) is 5.26 Å². The molecule has 5 nitrogen and oxygen atoms in total. The van der Waals surface area contributed by atoms with Crippen LogP contribution in [0.5, 0.6) is 0 Å². The van der Waals surface area contributed by atoms with Gasteiger partial charge in [-0.2, -0.15) is 5.26 Å². The predicted octanol–water partition coefficient (Wildman–Crippen LogP) is 5.79. The van der Waals surface area contributed by atoms with Gasteiger partial charge in [-0.3, -0.25) is 0 Å². The Kier molecular flexibility index (Phi) is 5.25. The second-order valence-corrected chi connectivity index (χ2v) is 7.74. The fraction of sp³-hybridized carbons (Fsp3) is 0. The molecule has 0 unspecified atom stereocenters. The van der Waals surface area contributed by atoms with Crippen molar-refractivity contribution in [3.05, 3.63) is 85.8 Å². The minimum atomic E-state index is -0.511. The van der Waals surface area contributed by atoms with E-state index in [1.807, 2.05) is 12.1 Å². The van der Waals surface area contributed by atoms with Gasteiger partial charge < -0.3 is 9.73 Å². The van der Waals surface area contributed by atoms with Crippen molar-refractivity contribution in [3.63, 3.8) is 0 Å². The second kappa shape index (κ2) is 7.99. The van der Waals surface area contributed by atoms with E-state index in [0.717, 1.165) is 9.86 Å². The summed E-state index contributed by atoms with van der Waals surface area (Å²) < 4.78 is 20.0. The van der Waals surface area contributed by atoms with Gasteiger partial charge in [0.2, 0.25) is 0 Å². The zero-order valence-corrected chi connectivity index (χ0v) is 17.1. The molecule has 0 aliphatic carbocycles. The molecule has 142 valence electrons. The van der Waals surface area contributed by atoms with Crippen molar-refractivity contribution >= 4 is 49.5 Å². The molecular weight excluding hydrogens is 457 g/mol. The predicted molar refractivity (Wildman–Crippen MR) is 115 cm³/mol. The van der Waals surface area contributed by atoms with Gasteiger partial charge in [-0.15, -0.1) is 11.3 Å². The standard InChI is InChI=1S/C21H11BrFN3O2S/c22-14-5-6-19-12(7-14)8-15(21(27)28-19)18-11-29-20(26-18)13(9-24)10-25-17-4-2-1-3-16(17)23/h1-8,10-11,25H. The van der Waals surface area contributed by atoms with Crippen molar-refractivity contribution in [2.75, 3.05) is 5.32 Å². The van der Waals surface area contributed by atoms with Crippen molar-refractivity contribution in [2.45, 2.75) is 0 Å². The molecule has 0 radical (unpaired) electrons. The lowest BCUT2D eigenvalue weighted by Crippen LogP contribution is -2.03. The Morgan fingerprint density at radius 2 is 2.10 bits per heavy atom. The molecule has 2 heterocycles. The third-order valence-corrected chi connectivity index (χ3v) is 5.44. The van der Waals surface area contributed by atoms with Gasteiger partial charge in [-0.1, -0.05) is 28.1 Å². The molecule has 0 saturated heterocycles. The highest BCUT2D eigenvalue weighted by molar-refractivity contribution is 9.10. The van der Waals surface area contributed by atoms with Crippen LogP contribution in [0.15, 0.2) is 73.8 Å². The van der Waals surface area contributed by atoms with E-state index in [2.05, 4.69) is 26.2 Å². The van der Waals surface area contributed by atoms with Crippen LogP contribution in [-0.4, -0.2) is 4.98 Å². The molecule has 0 spiro atoms. The third-order valence-electron chi connectivity index (χ3n) is 4.07. The molecule has 0 aliphatic heterocycles. The van der Waals surface area contributed by atoms with Crippen LogP contribution >= 0.6 is 27.3 Å². The van der Waals surface area contributed by atoms with Gasteiger partial charge >= 0.3 is 5.63 Å². The lowest BCUT2D eigenvalue weighted by Gasteiger charge is -2.02. The van der Waals surface area contributed by atoms with E-state index in [-0.39, 0.29) is 11.3 Å². The number of nitrogens with one attached hydrogen (secondary N) is 1. The van der Waals surface area contributed by atoms with Gasteiger partial charge in [0.25, 0.3) is 0 Å². The number of nitriles is 1. The second-order valence-electron chi connectivity index (χ2n) is 5.96. The Balaban J connectivity index is 1.69. The molecule has 0 amide bonds. The molecule has 2 aromatic carbocycles. The monoisotopic (exact) mass is 467 g/mol. The summed E-state index contributed by atoms with van der Waals surface area (Å²) in [5.74, 6) is -0.430. The first-order chi connectivity index (χ1) is 14.0. The fourth-order valence-corrected chi connectivity index (χ4v) is 3.83. The van der Waals surface area contributed by atoms with Crippen LogP contribution < -0.4 is 10.9 Å². The highest BCUT2D eigenvalue weighted by Crippen LogP contribution is 2.27. The molecule has 0 atom stereocenters. The fourth-order valence-electron chi connectivity index (χ4n) is 2.66. The smallest absolute Gasteiger partial charge is 0.345 e. The summed E-state index contributed by atoms with van der Waals surface area (Å²) in [5.41, 5.74) is 1.15. The molecule has 8 heteroatoms. The van der Waals surface area contributed by atoms with Crippen LogP contribution in [-0.2, 0) is 0 Å². The largest absolute Gasteiger partial charge is 0.422 e. The van der Waals surface area contributed by atoms with Crippen molar-refractivity contribution in [2.24, 2.45) is 0 Å². The van der Waals surface area contributed by atoms with Crippen LogP contribution in [0.2, 0.25) is 0 Å². The maximum absolute atomic E-state index is 13.7. The van der Waals surface area contributed by atoms with E-state index in [9.17, 15) is 14.4 Å². The van der Waals surface area contributed by atoms with Crippen molar-refractivity contribution < 1.29 is 8.81 Å². The Bertz CT molecular complexity index is 1350. The number of hydrogen-bond acceptors (Lipinski definition) is 6. The van der Waals surface area contributed by atoms with Crippen LogP contribution in [0.1, 0.15) is 5.01 Å². The van der Waals surface area contributed by atoms with E-state index in [1.165, 1.54) is 23.6 Å². The Morgan fingerprint density at radius 3 is 2.90 bits per heavy atom. The lowest BCUT2D eigenvalue weighted by atomic mass is 10.1. The normalized spacial score (nSPS) is 11.4. The third kappa shape index (κ3) is 3.97. The first kappa shape index (κ1) is 19.1. The molecule has 4 rings (SSSR count). The first-order valence-electron chi connectivity index (χ1n) is 8.36. The maximum Gasteiger partial charge on any atom is 0.345 e. The van der Waals surface area contributed by atoms with Crippen molar-refractivity contribution in [1.82, 2.24) is 4.98 Å². The Morgan fingerprint density at radius 1 is 1.28 bits per heavy atom. The number of anilines is 1. The van der Waals surface area contributed by atoms with E-state index < -0.39 is 11.4 Å². The van der Waals surface area contributed by atoms with Gasteiger partial charge in [0.05, 0.1) is 16.9 Å². The highest BCUT2D eigenvalue weighted by atomic mass is 79.9. The molecule has 0 saturated carbocycles. The van der Waals surface area contributed by atoms with Crippen LogP contribution in [0.25, 0.3) is 27.8 Å². The summed E-state index contributed by atoms with van der Waals surface area (Å²) in [4.78, 5) is 16.8. The summed E-state index contributed by atoms with van der Waals surface area (Å²) in [6.07, 6.45) is 1.39. The number of fused-ring (bicyclic) bond motifs is 1. The molecule has 0 bridgehead atoms. The van der Waals surface area contributed by atoms with Crippen LogP contribution in [0, 0.1) is 17.1 Å². The Hall–Kier alpha value is -3.28. The summed E-state index contributed by atoms with van der Waals surface area (Å²) >= 11 is 4.60. The summed E-state index contributed by atoms with van der Waals surface area (Å²) in [7, 11) is 0. The summed E-state index contributed by atoms with van der Waals surface area (Å²) in [5, 5.41) is 15.1. The van der Waals surface area contributed by atoms with Crippen molar-refractivity contribution in [3.8, 4) is 17.3 Å². The maximum atomic E-state index is 13.7.